The third kappa shape index (κ3) is 3.39. The average molecular weight is 247 g/mol. The summed E-state index contributed by atoms with van der Waals surface area (Å²) in [6.07, 6.45) is 5.06. The molecule has 0 heterocycles. The second-order valence-electron chi connectivity index (χ2n) is 5.06. The van der Waals surface area contributed by atoms with E-state index in [0.29, 0.717) is 12.1 Å². The lowest BCUT2D eigenvalue weighted by molar-refractivity contribution is 0.371. The van der Waals surface area contributed by atoms with Gasteiger partial charge in [-0.05, 0) is 51.8 Å². The lowest BCUT2D eigenvalue weighted by atomic mass is 9.91. The van der Waals surface area contributed by atoms with Gasteiger partial charge in [0.1, 0.15) is 0 Å². The zero-order valence-corrected chi connectivity index (χ0v) is 11.5. The predicted molar refractivity (Wildman–Crippen MR) is 79.3 cm³/mol. The van der Waals surface area contributed by atoms with Crippen molar-refractivity contribution in [3.63, 3.8) is 0 Å². The molecule has 1 saturated carbocycles. The minimum absolute atomic E-state index is 0.620. The van der Waals surface area contributed by atoms with Crippen molar-refractivity contribution in [2.24, 2.45) is 0 Å². The first-order valence-corrected chi connectivity index (χ1v) is 7.10. The maximum Gasteiger partial charge on any atom is 0.0578 e. The molecule has 0 saturated heterocycles. The lowest BCUT2D eigenvalue weighted by Crippen LogP contribution is -2.35. The summed E-state index contributed by atoms with van der Waals surface area (Å²) in [4.78, 5) is 0. The topological polar surface area (TPSA) is 36.1 Å². The van der Waals surface area contributed by atoms with Crippen molar-refractivity contribution in [3.8, 4) is 0 Å². The standard InChI is InChI=1S/C15H25N3/c1-3-17-14-6-4-5-7-15(14)18-13-10-8-12(16-2)9-11-13/h4-7,12-13,16-18H,3,8-11H2,1-2H3/t12-,13-. The summed E-state index contributed by atoms with van der Waals surface area (Å²) in [7, 11) is 2.07. The lowest BCUT2D eigenvalue weighted by Gasteiger charge is -2.30. The summed E-state index contributed by atoms with van der Waals surface area (Å²) >= 11 is 0. The normalized spacial score (nSPS) is 23.7. The van der Waals surface area contributed by atoms with Gasteiger partial charge in [-0.15, -0.1) is 0 Å². The predicted octanol–water partition coefficient (Wildman–Crippen LogP) is 3.06. The molecule has 0 aromatic heterocycles. The molecule has 0 unspecified atom stereocenters. The zero-order chi connectivity index (χ0) is 12.8. The second kappa shape index (κ2) is 6.64. The number of rotatable bonds is 5. The van der Waals surface area contributed by atoms with Gasteiger partial charge in [0.15, 0.2) is 0 Å². The van der Waals surface area contributed by atoms with Gasteiger partial charge in [-0.1, -0.05) is 12.1 Å². The number of nitrogens with one attached hydrogen (secondary N) is 3. The maximum atomic E-state index is 3.69. The Morgan fingerprint density at radius 3 is 2.22 bits per heavy atom. The first-order valence-electron chi connectivity index (χ1n) is 7.10. The highest BCUT2D eigenvalue weighted by molar-refractivity contribution is 5.68. The zero-order valence-electron chi connectivity index (χ0n) is 11.5. The Labute approximate surface area is 110 Å². The minimum atomic E-state index is 0.620. The van der Waals surface area contributed by atoms with E-state index in [-0.39, 0.29) is 0 Å². The molecule has 1 aromatic carbocycles. The summed E-state index contributed by atoms with van der Waals surface area (Å²) in [5.74, 6) is 0. The van der Waals surface area contributed by atoms with Crippen LogP contribution >= 0.6 is 0 Å². The van der Waals surface area contributed by atoms with Gasteiger partial charge in [0.25, 0.3) is 0 Å². The van der Waals surface area contributed by atoms with Gasteiger partial charge < -0.3 is 16.0 Å². The maximum absolute atomic E-state index is 3.69. The second-order valence-corrected chi connectivity index (χ2v) is 5.06. The molecule has 0 radical (unpaired) electrons. The molecule has 0 spiro atoms. The van der Waals surface area contributed by atoms with Crippen LogP contribution in [0.3, 0.4) is 0 Å². The fourth-order valence-corrected chi connectivity index (χ4v) is 2.70. The third-order valence-corrected chi connectivity index (χ3v) is 3.79. The Balaban J connectivity index is 1.93. The molecule has 2 rings (SSSR count). The van der Waals surface area contributed by atoms with E-state index in [0.717, 1.165) is 6.54 Å². The number of benzene rings is 1. The Morgan fingerprint density at radius 2 is 1.61 bits per heavy atom. The summed E-state index contributed by atoms with van der Waals surface area (Å²) in [6, 6.07) is 9.83. The minimum Gasteiger partial charge on any atom is -0.384 e. The van der Waals surface area contributed by atoms with E-state index in [4.69, 9.17) is 0 Å². The van der Waals surface area contributed by atoms with Gasteiger partial charge in [-0.2, -0.15) is 0 Å². The van der Waals surface area contributed by atoms with Crippen LogP contribution in [-0.4, -0.2) is 25.7 Å². The average Bonchev–Trinajstić information content (AvgIpc) is 2.42. The fraction of sp³-hybridized carbons (Fsp3) is 0.600. The molecule has 0 aliphatic heterocycles. The van der Waals surface area contributed by atoms with Gasteiger partial charge in [0, 0.05) is 18.6 Å². The molecule has 100 valence electrons. The van der Waals surface area contributed by atoms with Crippen molar-refractivity contribution in [1.82, 2.24) is 5.32 Å². The van der Waals surface area contributed by atoms with Crippen LogP contribution in [0.25, 0.3) is 0 Å². The monoisotopic (exact) mass is 247 g/mol. The van der Waals surface area contributed by atoms with E-state index < -0.39 is 0 Å². The first kappa shape index (κ1) is 13.2. The van der Waals surface area contributed by atoms with Crippen LogP contribution in [0, 0.1) is 0 Å². The van der Waals surface area contributed by atoms with Gasteiger partial charge in [-0.25, -0.2) is 0 Å². The summed E-state index contributed by atoms with van der Waals surface area (Å²) in [6.45, 7) is 3.10. The molecule has 1 fully saturated rings. The highest BCUT2D eigenvalue weighted by atomic mass is 15.0. The molecule has 3 nitrogen and oxygen atoms in total. The summed E-state index contributed by atoms with van der Waals surface area (Å²) in [5, 5.41) is 10.5. The molecular formula is C15H25N3. The van der Waals surface area contributed by atoms with Crippen molar-refractivity contribution >= 4 is 11.4 Å². The van der Waals surface area contributed by atoms with Crippen molar-refractivity contribution in [2.75, 3.05) is 24.2 Å². The van der Waals surface area contributed by atoms with Gasteiger partial charge in [0.05, 0.1) is 11.4 Å². The number of hydrogen-bond acceptors (Lipinski definition) is 3. The number of para-hydroxylation sites is 2. The molecule has 1 aromatic rings. The molecule has 1 aliphatic carbocycles. The Bertz CT molecular complexity index is 357. The van der Waals surface area contributed by atoms with Crippen LogP contribution in [0.15, 0.2) is 24.3 Å². The highest BCUT2D eigenvalue weighted by Gasteiger charge is 2.20. The molecule has 0 atom stereocenters. The largest absolute Gasteiger partial charge is 0.384 e. The third-order valence-electron chi connectivity index (χ3n) is 3.79. The first-order chi connectivity index (χ1) is 8.83. The van der Waals surface area contributed by atoms with Crippen molar-refractivity contribution < 1.29 is 0 Å². The smallest absolute Gasteiger partial charge is 0.0578 e. The van der Waals surface area contributed by atoms with E-state index in [9.17, 15) is 0 Å². The van der Waals surface area contributed by atoms with Crippen molar-refractivity contribution in [1.29, 1.82) is 0 Å². The molecule has 18 heavy (non-hydrogen) atoms. The van der Waals surface area contributed by atoms with Crippen LogP contribution in [0.4, 0.5) is 11.4 Å². The van der Waals surface area contributed by atoms with E-state index in [1.807, 2.05) is 0 Å². The molecule has 3 N–H and O–H groups in total. The Kier molecular flexibility index (Phi) is 4.88. The SMILES string of the molecule is CCNc1ccccc1N[C@H]1CC[C@H](NC)CC1. The van der Waals surface area contributed by atoms with Crippen LogP contribution in [0.1, 0.15) is 32.6 Å². The van der Waals surface area contributed by atoms with Crippen LogP contribution in [0.2, 0.25) is 0 Å². The van der Waals surface area contributed by atoms with E-state index in [1.165, 1.54) is 37.1 Å². The highest BCUT2D eigenvalue weighted by Crippen LogP contribution is 2.26. The Hall–Kier alpha value is -1.22. The molecule has 3 heteroatoms. The molecule has 0 bridgehead atoms. The van der Waals surface area contributed by atoms with E-state index in [2.05, 4.69) is 54.2 Å². The molecule has 1 aliphatic rings. The van der Waals surface area contributed by atoms with Crippen molar-refractivity contribution in [2.45, 2.75) is 44.7 Å². The number of anilines is 2. The summed E-state index contributed by atoms with van der Waals surface area (Å²) < 4.78 is 0. The van der Waals surface area contributed by atoms with Crippen molar-refractivity contribution in [3.05, 3.63) is 24.3 Å². The van der Waals surface area contributed by atoms with Gasteiger partial charge in [-0.3, -0.25) is 0 Å². The summed E-state index contributed by atoms with van der Waals surface area (Å²) in [5.41, 5.74) is 2.46. The molecular weight excluding hydrogens is 222 g/mol. The Morgan fingerprint density at radius 1 is 1.00 bits per heavy atom. The van der Waals surface area contributed by atoms with E-state index >= 15 is 0 Å². The van der Waals surface area contributed by atoms with Crippen LogP contribution in [0.5, 0.6) is 0 Å². The van der Waals surface area contributed by atoms with E-state index in [1.54, 1.807) is 0 Å². The quantitative estimate of drug-likeness (QED) is 0.748. The van der Waals surface area contributed by atoms with Gasteiger partial charge in [0.2, 0.25) is 0 Å². The molecule has 0 amide bonds. The fourth-order valence-electron chi connectivity index (χ4n) is 2.70. The van der Waals surface area contributed by atoms with Crippen LogP contribution < -0.4 is 16.0 Å². The van der Waals surface area contributed by atoms with Gasteiger partial charge >= 0.3 is 0 Å². The number of hydrogen-bond donors (Lipinski definition) is 3. The van der Waals surface area contributed by atoms with Crippen LogP contribution in [-0.2, 0) is 0 Å².